The van der Waals surface area contributed by atoms with Gasteiger partial charge in [-0.25, -0.2) is 0 Å². The van der Waals surface area contributed by atoms with E-state index < -0.39 is 0 Å². The van der Waals surface area contributed by atoms with Gasteiger partial charge in [0.1, 0.15) is 0 Å². The van der Waals surface area contributed by atoms with Gasteiger partial charge in [-0.3, -0.25) is 4.79 Å². The van der Waals surface area contributed by atoms with Crippen LogP contribution < -0.4 is 11.2 Å². The number of nitriles is 1. The van der Waals surface area contributed by atoms with E-state index in [1.54, 1.807) is 6.20 Å². The van der Waals surface area contributed by atoms with Crippen molar-refractivity contribution in [3.63, 3.8) is 0 Å². The molecule has 1 heterocycles. The van der Waals surface area contributed by atoms with Gasteiger partial charge in [-0.05, 0) is 54.5 Å². The molecule has 4 heteroatoms. The van der Waals surface area contributed by atoms with Gasteiger partial charge in [0.25, 0.3) is 0 Å². The highest BCUT2D eigenvalue weighted by atomic mass is 16.1. The number of nitrogens with two attached hydrogens (primary N) is 1. The molecule has 2 aromatic rings. The number of hydrogen-bond donors (Lipinski definition) is 2. The maximum atomic E-state index is 12.3. The molecule has 1 aromatic heterocycles. The third kappa shape index (κ3) is 5.84. The minimum absolute atomic E-state index is 0.185. The highest BCUT2D eigenvalue weighted by molar-refractivity contribution is 5.82. The van der Waals surface area contributed by atoms with Gasteiger partial charge < -0.3 is 10.7 Å². The summed E-state index contributed by atoms with van der Waals surface area (Å²) < 4.78 is 0. The molecular weight excluding hydrogens is 358 g/mol. The van der Waals surface area contributed by atoms with Crippen molar-refractivity contribution in [1.82, 2.24) is 4.98 Å². The molecule has 3 N–H and O–H groups in total. The average molecular weight is 392 g/mol. The molecule has 0 unspecified atom stereocenters. The number of aromatic nitrogens is 1. The number of nitrogens with zero attached hydrogens (tertiary/aromatic N) is 1. The maximum absolute atomic E-state index is 12.3. The first-order valence-corrected chi connectivity index (χ1v) is 10.6. The zero-order valence-corrected chi connectivity index (χ0v) is 18.1. The topological polar surface area (TPSA) is 82.7 Å². The quantitative estimate of drug-likeness (QED) is 0.686. The van der Waals surface area contributed by atoms with E-state index in [1.165, 1.54) is 38.3 Å². The molecule has 0 bridgehead atoms. The maximum Gasteiger partial charge on any atom is 0.212 e. The number of allylic oxidation sites excluding steroid dienone is 1. The highest BCUT2D eigenvalue weighted by Crippen LogP contribution is 2.27. The van der Waals surface area contributed by atoms with Crippen molar-refractivity contribution in [3.05, 3.63) is 68.6 Å². The molecule has 154 valence electrons. The van der Waals surface area contributed by atoms with Crippen LogP contribution in [0.25, 0.3) is 5.57 Å². The summed E-state index contributed by atoms with van der Waals surface area (Å²) in [7, 11) is 0. The Morgan fingerprint density at radius 1 is 1.17 bits per heavy atom. The van der Waals surface area contributed by atoms with E-state index in [0.29, 0.717) is 11.1 Å². The summed E-state index contributed by atoms with van der Waals surface area (Å²) in [5.74, 6) is 1.04. The standard InChI is InChI=1S/C18H19N3O.C7H14/c1-4-5-14(16-9-21-10-17(20)18(16)22)15-7-13(8-19)11(2)6-12(15)3;1-7-5-3-2-4-6-7/h5-7,9-10H,4,20H2,1-3H3,(H,21,22);7H,2-6H2,1H3/b14-5+;. The van der Waals surface area contributed by atoms with Gasteiger partial charge in [-0.2, -0.15) is 5.26 Å². The fourth-order valence-corrected chi connectivity index (χ4v) is 3.84. The fourth-order valence-electron chi connectivity index (χ4n) is 3.84. The molecule has 1 saturated carbocycles. The van der Waals surface area contributed by atoms with E-state index in [0.717, 1.165) is 34.6 Å². The first kappa shape index (κ1) is 22.5. The largest absolute Gasteiger partial charge is 0.394 e. The highest BCUT2D eigenvalue weighted by Gasteiger charge is 2.14. The summed E-state index contributed by atoms with van der Waals surface area (Å²) in [5.41, 5.74) is 10.5. The van der Waals surface area contributed by atoms with Crippen LogP contribution in [-0.4, -0.2) is 4.98 Å². The Balaban J connectivity index is 0.000000360. The van der Waals surface area contributed by atoms with Crippen LogP contribution >= 0.6 is 0 Å². The number of benzene rings is 1. The van der Waals surface area contributed by atoms with Crippen molar-refractivity contribution in [2.24, 2.45) is 5.92 Å². The van der Waals surface area contributed by atoms with Crippen LogP contribution in [0, 0.1) is 31.1 Å². The van der Waals surface area contributed by atoms with Crippen LogP contribution in [0.2, 0.25) is 0 Å². The monoisotopic (exact) mass is 391 g/mol. The van der Waals surface area contributed by atoms with Crippen LogP contribution in [-0.2, 0) is 0 Å². The van der Waals surface area contributed by atoms with Gasteiger partial charge >= 0.3 is 0 Å². The predicted octanol–water partition coefficient (Wildman–Crippen LogP) is 5.87. The van der Waals surface area contributed by atoms with E-state index in [2.05, 4.69) is 18.0 Å². The summed E-state index contributed by atoms with van der Waals surface area (Å²) in [6, 6.07) is 6.01. The zero-order chi connectivity index (χ0) is 21.4. The first-order chi connectivity index (χ1) is 13.9. The molecule has 0 saturated heterocycles. The Labute approximate surface area is 174 Å². The molecule has 1 aliphatic carbocycles. The van der Waals surface area contributed by atoms with Crippen molar-refractivity contribution in [2.45, 2.75) is 66.2 Å². The van der Waals surface area contributed by atoms with Crippen molar-refractivity contribution in [3.8, 4) is 6.07 Å². The molecule has 0 amide bonds. The van der Waals surface area contributed by atoms with Crippen molar-refractivity contribution in [1.29, 1.82) is 5.26 Å². The Morgan fingerprint density at radius 3 is 2.41 bits per heavy atom. The van der Waals surface area contributed by atoms with Gasteiger partial charge in [0, 0.05) is 18.0 Å². The molecule has 1 aliphatic rings. The van der Waals surface area contributed by atoms with Crippen molar-refractivity contribution >= 4 is 11.3 Å². The second-order valence-electron chi connectivity index (χ2n) is 8.02. The van der Waals surface area contributed by atoms with Gasteiger partial charge in [-0.15, -0.1) is 0 Å². The molecule has 0 spiro atoms. The number of aromatic amines is 1. The molecule has 1 aromatic carbocycles. The molecule has 0 radical (unpaired) electrons. The molecule has 0 atom stereocenters. The number of H-pyrrole nitrogens is 1. The SMILES string of the molecule is CC/C=C(\c1cc(C#N)c(C)cc1C)c1c[nH]cc(N)c1=O.CC1CCCCC1. The Kier molecular flexibility index (Phi) is 8.27. The van der Waals surface area contributed by atoms with E-state index in [4.69, 9.17) is 5.73 Å². The van der Waals surface area contributed by atoms with Gasteiger partial charge in [0.15, 0.2) is 0 Å². The molecule has 1 fully saturated rings. The van der Waals surface area contributed by atoms with E-state index in [1.807, 2.05) is 39.0 Å². The number of anilines is 1. The minimum atomic E-state index is -0.197. The lowest BCUT2D eigenvalue weighted by Crippen LogP contribution is -2.14. The van der Waals surface area contributed by atoms with Crippen LogP contribution in [0.1, 0.15) is 80.2 Å². The number of nitrogens with one attached hydrogen (secondary N) is 1. The van der Waals surface area contributed by atoms with Crippen LogP contribution in [0.4, 0.5) is 5.69 Å². The normalized spacial score (nSPS) is 14.7. The first-order valence-electron chi connectivity index (χ1n) is 10.6. The number of aryl methyl sites for hydroxylation is 2. The van der Waals surface area contributed by atoms with E-state index >= 15 is 0 Å². The van der Waals surface area contributed by atoms with Crippen LogP contribution in [0.3, 0.4) is 0 Å². The third-order valence-electron chi connectivity index (χ3n) is 5.55. The Morgan fingerprint density at radius 2 is 1.86 bits per heavy atom. The number of nitrogen functional groups attached to an aromatic ring is 1. The van der Waals surface area contributed by atoms with Gasteiger partial charge in [0.05, 0.1) is 17.3 Å². The number of rotatable bonds is 3. The molecule has 29 heavy (non-hydrogen) atoms. The lowest BCUT2D eigenvalue weighted by Gasteiger charge is -2.15. The minimum Gasteiger partial charge on any atom is -0.394 e. The van der Waals surface area contributed by atoms with E-state index in [-0.39, 0.29) is 11.1 Å². The molecule has 4 nitrogen and oxygen atoms in total. The third-order valence-corrected chi connectivity index (χ3v) is 5.55. The lowest BCUT2D eigenvalue weighted by atomic mass is 9.91. The predicted molar refractivity (Wildman–Crippen MR) is 122 cm³/mol. The van der Waals surface area contributed by atoms with Gasteiger partial charge in [-0.1, -0.05) is 58.1 Å². The molecule has 0 aliphatic heterocycles. The number of pyridine rings is 1. The Bertz CT molecular complexity index is 957. The van der Waals surface area contributed by atoms with Crippen molar-refractivity contribution in [2.75, 3.05) is 5.73 Å². The van der Waals surface area contributed by atoms with E-state index in [9.17, 15) is 10.1 Å². The fraction of sp³-hybridized carbons (Fsp3) is 0.440. The van der Waals surface area contributed by atoms with Gasteiger partial charge in [0.2, 0.25) is 5.43 Å². The Hall–Kier alpha value is -2.80. The zero-order valence-electron chi connectivity index (χ0n) is 18.1. The van der Waals surface area contributed by atoms with Crippen molar-refractivity contribution < 1.29 is 0 Å². The second-order valence-corrected chi connectivity index (χ2v) is 8.02. The van der Waals surface area contributed by atoms with Crippen LogP contribution in [0.5, 0.6) is 0 Å². The summed E-state index contributed by atoms with van der Waals surface area (Å²) in [5, 5.41) is 9.26. The molecular formula is C25H33N3O. The average Bonchev–Trinajstić information content (AvgIpc) is 2.70. The summed E-state index contributed by atoms with van der Waals surface area (Å²) in [6.45, 7) is 8.26. The summed E-state index contributed by atoms with van der Waals surface area (Å²) >= 11 is 0. The van der Waals surface area contributed by atoms with Crippen LogP contribution in [0.15, 0.2) is 35.4 Å². The summed E-state index contributed by atoms with van der Waals surface area (Å²) in [4.78, 5) is 15.2. The lowest BCUT2D eigenvalue weighted by molar-refractivity contribution is 0.385. The number of hydrogen-bond acceptors (Lipinski definition) is 3. The molecule has 3 rings (SSSR count). The smallest absolute Gasteiger partial charge is 0.212 e. The second kappa shape index (κ2) is 10.7. The summed E-state index contributed by atoms with van der Waals surface area (Å²) in [6.07, 6.45) is 13.3.